The Morgan fingerprint density at radius 1 is 0.955 bits per heavy atom. The van der Waals surface area contributed by atoms with Crippen molar-refractivity contribution in [3.8, 4) is 11.5 Å². The molecular formula is C19H23NO2. The summed E-state index contributed by atoms with van der Waals surface area (Å²) in [4.78, 5) is 0. The number of nitrogens with two attached hydrogens (primary N) is 1. The standard InChI is InChI=1S/C19H23NO2/c1-19(2,15-7-4-3-5-8-15)18(20)14-9-10-16-17(13-14)22-12-6-11-21-16/h3-5,7-10,13,18H,6,11-12,20H2,1-2H3. The first-order valence-corrected chi connectivity index (χ1v) is 7.79. The Hall–Kier alpha value is -2.00. The van der Waals surface area contributed by atoms with Gasteiger partial charge in [-0.1, -0.05) is 50.2 Å². The van der Waals surface area contributed by atoms with E-state index >= 15 is 0 Å². The summed E-state index contributed by atoms with van der Waals surface area (Å²) >= 11 is 0. The van der Waals surface area contributed by atoms with E-state index in [0.717, 1.165) is 23.5 Å². The van der Waals surface area contributed by atoms with Crippen molar-refractivity contribution in [3.05, 3.63) is 59.7 Å². The average Bonchev–Trinajstić information content (AvgIpc) is 2.79. The molecule has 1 aliphatic heterocycles. The third-order valence-electron chi connectivity index (χ3n) is 4.43. The fourth-order valence-corrected chi connectivity index (χ4v) is 2.84. The van der Waals surface area contributed by atoms with Gasteiger partial charge in [0.05, 0.1) is 13.2 Å². The summed E-state index contributed by atoms with van der Waals surface area (Å²) in [5.41, 5.74) is 8.71. The lowest BCUT2D eigenvalue weighted by molar-refractivity contribution is 0.297. The maximum absolute atomic E-state index is 6.58. The molecule has 2 aromatic carbocycles. The van der Waals surface area contributed by atoms with Crippen LogP contribution in [0.1, 0.15) is 37.4 Å². The molecule has 0 aromatic heterocycles. The second kappa shape index (κ2) is 6.01. The Kier molecular flexibility index (Phi) is 4.08. The second-order valence-electron chi connectivity index (χ2n) is 6.32. The van der Waals surface area contributed by atoms with Gasteiger partial charge in [-0.2, -0.15) is 0 Å². The molecule has 3 nitrogen and oxygen atoms in total. The van der Waals surface area contributed by atoms with Crippen LogP contribution in [-0.4, -0.2) is 13.2 Å². The minimum atomic E-state index is -0.166. The van der Waals surface area contributed by atoms with Crippen LogP contribution in [0.3, 0.4) is 0 Å². The van der Waals surface area contributed by atoms with Crippen LogP contribution in [0.2, 0.25) is 0 Å². The maximum atomic E-state index is 6.58. The molecule has 0 bridgehead atoms. The lowest BCUT2D eigenvalue weighted by atomic mass is 9.75. The largest absolute Gasteiger partial charge is 0.490 e. The van der Waals surface area contributed by atoms with E-state index < -0.39 is 0 Å². The van der Waals surface area contributed by atoms with Crippen molar-refractivity contribution >= 4 is 0 Å². The molecule has 22 heavy (non-hydrogen) atoms. The topological polar surface area (TPSA) is 44.5 Å². The molecule has 1 atom stereocenters. The SMILES string of the molecule is CC(C)(c1ccccc1)C(N)c1ccc2c(c1)OCCCO2. The zero-order valence-corrected chi connectivity index (χ0v) is 13.2. The number of hydrogen-bond acceptors (Lipinski definition) is 3. The Balaban J connectivity index is 1.92. The summed E-state index contributed by atoms with van der Waals surface area (Å²) < 4.78 is 11.5. The summed E-state index contributed by atoms with van der Waals surface area (Å²) in [6.07, 6.45) is 0.908. The Morgan fingerprint density at radius 3 is 2.36 bits per heavy atom. The van der Waals surface area contributed by atoms with Crippen molar-refractivity contribution in [1.29, 1.82) is 0 Å². The molecule has 1 heterocycles. The van der Waals surface area contributed by atoms with Crippen LogP contribution in [0.5, 0.6) is 11.5 Å². The molecule has 3 rings (SSSR count). The van der Waals surface area contributed by atoms with Crippen molar-refractivity contribution < 1.29 is 9.47 Å². The smallest absolute Gasteiger partial charge is 0.161 e. The summed E-state index contributed by atoms with van der Waals surface area (Å²) in [6, 6.07) is 16.3. The molecule has 0 fully saturated rings. The van der Waals surface area contributed by atoms with Crippen LogP contribution >= 0.6 is 0 Å². The molecule has 0 saturated carbocycles. The van der Waals surface area contributed by atoms with Crippen molar-refractivity contribution in [2.75, 3.05) is 13.2 Å². The van der Waals surface area contributed by atoms with E-state index in [1.54, 1.807) is 0 Å². The van der Waals surface area contributed by atoms with Gasteiger partial charge in [-0.05, 0) is 23.3 Å². The molecule has 0 amide bonds. The predicted octanol–water partition coefficient (Wildman–Crippen LogP) is 3.83. The zero-order valence-electron chi connectivity index (χ0n) is 13.2. The van der Waals surface area contributed by atoms with Gasteiger partial charge in [-0.15, -0.1) is 0 Å². The van der Waals surface area contributed by atoms with Crippen LogP contribution in [0.15, 0.2) is 48.5 Å². The molecule has 0 aliphatic carbocycles. The van der Waals surface area contributed by atoms with E-state index in [1.807, 2.05) is 24.3 Å². The van der Waals surface area contributed by atoms with E-state index in [9.17, 15) is 0 Å². The van der Waals surface area contributed by atoms with Crippen LogP contribution < -0.4 is 15.2 Å². The first-order chi connectivity index (χ1) is 10.6. The lowest BCUT2D eigenvalue weighted by Gasteiger charge is -2.33. The molecular weight excluding hydrogens is 274 g/mol. The molecule has 0 radical (unpaired) electrons. The number of fused-ring (bicyclic) bond motifs is 1. The van der Waals surface area contributed by atoms with E-state index in [1.165, 1.54) is 5.56 Å². The predicted molar refractivity (Wildman–Crippen MR) is 88.4 cm³/mol. The highest BCUT2D eigenvalue weighted by Crippen LogP contribution is 2.38. The molecule has 0 saturated heterocycles. The Bertz CT molecular complexity index is 637. The van der Waals surface area contributed by atoms with Crippen molar-refractivity contribution in [2.24, 2.45) is 5.73 Å². The first kappa shape index (κ1) is 14.9. The summed E-state index contributed by atoms with van der Waals surface area (Å²) in [7, 11) is 0. The van der Waals surface area contributed by atoms with Gasteiger partial charge in [0.1, 0.15) is 0 Å². The Labute approximate surface area is 132 Å². The van der Waals surface area contributed by atoms with Crippen molar-refractivity contribution in [2.45, 2.75) is 31.7 Å². The molecule has 1 aliphatic rings. The minimum Gasteiger partial charge on any atom is -0.490 e. The highest BCUT2D eigenvalue weighted by Gasteiger charge is 2.30. The van der Waals surface area contributed by atoms with Gasteiger partial charge < -0.3 is 15.2 Å². The summed E-state index contributed by atoms with van der Waals surface area (Å²) in [6.45, 7) is 5.74. The summed E-state index contributed by atoms with van der Waals surface area (Å²) in [5.74, 6) is 1.61. The lowest BCUT2D eigenvalue weighted by Crippen LogP contribution is -2.33. The van der Waals surface area contributed by atoms with Gasteiger partial charge in [-0.25, -0.2) is 0 Å². The number of hydrogen-bond donors (Lipinski definition) is 1. The third kappa shape index (κ3) is 2.81. The molecule has 116 valence electrons. The summed E-state index contributed by atoms with van der Waals surface area (Å²) in [5, 5.41) is 0. The number of rotatable bonds is 3. The van der Waals surface area contributed by atoms with Crippen LogP contribution in [-0.2, 0) is 5.41 Å². The van der Waals surface area contributed by atoms with E-state index in [-0.39, 0.29) is 11.5 Å². The van der Waals surface area contributed by atoms with Gasteiger partial charge in [0.2, 0.25) is 0 Å². The highest BCUT2D eigenvalue weighted by atomic mass is 16.5. The zero-order chi connectivity index (χ0) is 15.6. The van der Waals surface area contributed by atoms with Crippen molar-refractivity contribution in [3.63, 3.8) is 0 Å². The van der Waals surface area contributed by atoms with Crippen LogP contribution in [0, 0.1) is 0 Å². The van der Waals surface area contributed by atoms with Gasteiger partial charge in [0.15, 0.2) is 11.5 Å². The third-order valence-corrected chi connectivity index (χ3v) is 4.43. The van der Waals surface area contributed by atoms with E-state index in [0.29, 0.717) is 13.2 Å². The molecule has 3 heteroatoms. The molecule has 2 aromatic rings. The van der Waals surface area contributed by atoms with Crippen LogP contribution in [0.4, 0.5) is 0 Å². The van der Waals surface area contributed by atoms with Gasteiger partial charge in [-0.3, -0.25) is 0 Å². The van der Waals surface area contributed by atoms with Crippen molar-refractivity contribution in [1.82, 2.24) is 0 Å². The van der Waals surface area contributed by atoms with Crippen LogP contribution in [0.25, 0.3) is 0 Å². The quantitative estimate of drug-likeness (QED) is 0.936. The minimum absolute atomic E-state index is 0.118. The van der Waals surface area contributed by atoms with Gasteiger partial charge in [0, 0.05) is 17.9 Å². The normalized spacial score (nSPS) is 16.0. The van der Waals surface area contributed by atoms with Gasteiger partial charge in [0.25, 0.3) is 0 Å². The second-order valence-corrected chi connectivity index (χ2v) is 6.32. The monoisotopic (exact) mass is 297 g/mol. The number of benzene rings is 2. The molecule has 2 N–H and O–H groups in total. The highest BCUT2D eigenvalue weighted by molar-refractivity contribution is 5.45. The van der Waals surface area contributed by atoms with Gasteiger partial charge >= 0.3 is 0 Å². The fraction of sp³-hybridized carbons (Fsp3) is 0.368. The Morgan fingerprint density at radius 2 is 1.64 bits per heavy atom. The van der Waals surface area contributed by atoms with E-state index in [2.05, 4.69) is 38.1 Å². The van der Waals surface area contributed by atoms with E-state index in [4.69, 9.17) is 15.2 Å². The fourth-order valence-electron chi connectivity index (χ4n) is 2.84. The maximum Gasteiger partial charge on any atom is 0.161 e. The average molecular weight is 297 g/mol. The molecule has 0 spiro atoms. The molecule has 1 unspecified atom stereocenters. The first-order valence-electron chi connectivity index (χ1n) is 7.79. The number of ether oxygens (including phenoxy) is 2.